The van der Waals surface area contributed by atoms with Gasteiger partial charge in [0.05, 0.1) is 15.6 Å². The summed E-state index contributed by atoms with van der Waals surface area (Å²) in [5.41, 5.74) is 1.24. The molecule has 0 saturated heterocycles. The van der Waals surface area contributed by atoms with E-state index in [1.807, 2.05) is 6.07 Å². The lowest BCUT2D eigenvalue weighted by molar-refractivity contribution is -0.114. The second kappa shape index (κ2) is 9.88. The predicted octanol–water partition coefficient (Wildman–Crippen LogP) is 6.21. The Balaban J connectivity index is 1.63. The van der Waals surface area contributed by atoms with Gasteiger partial charge in [-0.05, 0) is 30.3 Å². The number of hydrogen-bond donors (Lipinski definition) is 1. The van der Waals surface area contributed by atoms with Crippen LogP contribution in [0, 0.1) is 17.5 Å². The molecule has 6 nitrogen and oxygen atoms in total. The first-order valence-electron chi connectivity index (χ1n) is 10.1. The zero-order valence-electron chi connectivity index (χ0n) is 18.2. The third-order valence-electron chi connectivity index (χ3n) is 5.04. The molecule has 0 fully saturated rings. The Kier molecular flexibility index (Phi) is 7.03. The third-order valence-corrected chi connectivity index (χ3v) is 7.14. The molecular formula is C24H15Cl2F3N2O4S. The fraction of sp³-hybridized carbons (Fsp3) is 0.0417. The summed E-state index contributed by atoms with van der Waals surface area (Å²) >= 11 is 12.0. The summed E-state index contributed by atoms with van der Waals surface area (Å²) in [5, 5.41) is 1.25. The number of aromatic nitrogens is 1. The zero-order valence-corrected chi connectivity index (χ0v) is 20.6. The highest BCUT2D eigenvalue weighted by molar-refractivity contribution is 7.90. The normalized spacial score (nSPS) is 11.8. The lowest BCUT2D eigenvalue weighted by Gasteiger charge is -2.09. The van der Waals surface area contributed by atoms with E-state index in [4.69, 9.17) is 27.9 Å². The van der Waals surface area contributed by atoms with Crippen molar-refractivity contribution in [1.29, 1.82) is 0 Å². The quantitative estimate of drug-likeness (QED) is 0.227. The first kappa shape index (κ1) is 25.6. The van der Waals surface area contributed by atoms with Gasteiger partial charge in [-0.2, -0.15) is 0 Å². The minimum Gasteiger partial charge on any atom is -0.457 e. The average Bonchev–Trinajstić information content (AvgIpc) is 3.13. The summed E-state index contributed by atoms with van der Waals surface area (Å²) in [6.07, 6.45) is 3.91. The van der Waals surface area contributed by atoms with Crippen molar-refractivity contribution in [3.63, 3.8) is 0 Å². The number of benzene rings is 3. The van der Waals surface area contributed by atoms with E-state index in [2.05, 4.69) is 0 Å². The number of amides is 1. The first-order chi connectivity index (χ1) is 17.0. The third kappa shape index (κ3) is 5.20. The number of carbonyl (C=O) groups excluding carboxylic acids is 1. The molecule has 12 heteroatoms. The smallest absolute Gasteiger partial charge is 0.267 e. The first-order valence-corrected chi connectivity index (χ1v) is 12.3. The predicted molar refractivity (Wildman–Crippen MR) is 130 cm³/mol. The molecular weight excluding hydrogens is 540 g/mol. The number of nitrogens with zero attached hydrogens (tertiary/aromatic N) is 1. The van der Waals surface area contributed by atoms with Crippen molar-refractivity contribution < 1.29 is 31.1 Å². The number of fused-ring (bicyclic) bond motifs is 1. The van der Waals surface area contributed by atoms with Crippen LogP contribution in [-0.2, 0) is 21.9 Å². The van der Waals surface area contributed by atoms with Gasteiger partial charge in [-0.3, -0.25) is 4.79 Å². The minimum absolute atomic E-state index is 0.0791. The monoisotopic (exact) mass is 554 g/mol. The van der Waals surface area contributed by atoms with Crippen molar-refractivity contribution in [2.75, 3.05) is 0 Å². The minimum atomic E-state index is -4.81. The number of nitrogens with one attached hydrogen (secondary N) is 1. The van der Waals surface area contributed by atoms with E-state index in [0.29, 0.717) is 32.5 Å². The Morgan fingerprint density at radius 1 is 1.00 bits per heavy atom. The van der Waals surface area contributed by atoms with E-state index < -0.39 is 38.3 Å². The van der Waals surface area contributed by atoms with Crippen molar-refractivity contribution in [2.24, 2.45) is 7.05 Å². The summed E-state index contributed by atoms with van der Waals surface area (Å²) in [7, 11) is -3.05. The number of halogens is 5. The van der Waals surface area contributed by atoms with Crippen LogP contribution in [0.5, 0.6) is 11.5 Å². The fourth-order valence-electron chi connectivity index (χ4n) is 3.42. The molecule has 0 aliphatic rings. The highest BCUT2D eigenvalue weighted by atomic mass is 35.5. The van der Waals surface area contributed by atoms with Gasteiger partial charge in [-0.25, -0.2) is 26.3 Å². The van der Waals surface area contributed by atoms with E-state index >= 15 is 0 Å². The van der Waals surface area contributed by atoms with Gasteiger partial charge in [0.2, 0.25) is 0 Å². The molecule has 0 bridgehead atoms. The molecule has 0 aliphatic heterocycles. The standard InChI is InChI=1S/C24H15Cl2F3N2O4S/c1-31-12-13(5-8-23(32)30-36(33,34)22-11-18(28)17(27)10-19(22)29)24-20(31)3-2-4-21(24)35-14-6-7-15(25)16(26)9-14/h2-12H,1H3,(H,30,32)/b8-5+. The number of ether oxygens (including phenoxy) is 1. The molecule has 0 saturated carbocycles. The van der Waals surface area contributed by atoms with Crippen LogP contribution >= 0.6 is 23.2 Å². The van der Waals surface area contributed by atoms with Crippen molar-refractivity contribution in [2.45, 2.75) is 4.90 Å². The highest BCUT2D eigenvalue weighted by Gasteiger charge is 2.23. The Labute approximate surface area is 213 Å². The number of aryl methyl sites for hydroxylation is 1. The highest BCUT2D eigenvalue weighted by Crippen LogP contribution is 2.36. The van der Waals surface area contributed by atoms with Gasteiger partial charge in [-0.15, -0.1) is 0 Å². The molecule has 186 valence electrons. The molecule has 0 spiro atoms. The Hall–Kier alpha value is -3.47. The van der Waals surface area contributed by atoms with Crippen LogP contribution in [0.4, 0.5) is 13.2 Å². The maximum absolute atomic E-state index is 13.9. The van der Waals surface area contributed by atoms with Crippen LogP contribution in [-0.4, -0.2) is 18.9 Å². The summed E-state index contributed by atoms with van der Waals surface area (Å²) < 4.78 is 74.4. The van der Waals surface area contributed by atoms with E-state index in [9.17, 15) is 26.4 Å². The van der Waals surface area contributed by atoms with E-state index in [0.717, 1.165) is 11.6 Å². The van der Waals surface area contributed by atoms with Crippen LogP contribution in [0.1, 0.15) is 5.56 Å². The molecule has 1 amide bonds. The Morgan fingerprint density at radius 3 is 2.44 bits per heavy atom. The van der Waals surface area contributed by atoms with Gasteiger partial charge in [0.15, 0.2) is 11.6 Å². The Bertz CT molecular complexity index is 1650. The number of sulfonamides is 1. The van der Waals surface area contributed by atoms with Crippen LogP contribution < -0.4 is 9.46 Å². The van der Waals surface area contributed by atoms with Crippen LogP contribution in [0.15, 0.2) is 65.7 Å². The van der Waals surface area contributed by atoms with Gasteiger partial charge in [0.1, 0.15) is 22.2 Å². The molecule has 1 aromatic heterocycles. The summed E-state index contributed by atoms with van der Waals surface area (Å²) in [4.78, 5) is 11.1. The van der Waals surface area contributed by atoms with Crippen LogP contribution in [0.3, 0.4) is 0 Å². The summed E-state index contributed by atoms with van der Waals surface area (Å²) in [5.74, 6) is -5.00. The van der Waals surface area contributed by atoms with Gasteiger partial charge < -0.3 is 9.30 Å². The number of carbonyl (C=O) groups is 1. The maximum Gasteiger partial charge on any atom is 0.267 e. The molecule has 1 N–H and O–H groups in total. The summed E-state index contributed by atoms with van der Waals surface area (Å²) in [6.45, 7) is 0. The van der Waals surface area contributed by atoms with Crippen LogP contribution in [0.25, 0.3) is 17.0 Å². The van der Waals surface area contributed by atoms with Crippen molar-refractivity contribution in [3.8, 4) is 11.5 Å². The summed E-state index contributed by atoms with van der Waals surface area (Å²) in [6, 6.07) is 10.2. The molecule has 36 heavy (non-hydrogen) atoms. The van der Waals surface area contributed by atoms with E-state index in [1.54, 1.807) is 46.8 Å². The second-order valence-electron chi connectivity index (χ2n) is 7.52. The lowest BCUT2D eigenvalue weighted by Crippen LogP contribution is -2.29. The Morgan fingerprint density at radius 2 is 1.72 bits per heavy atom. The zero-order chi connectivity index (χ0) is 26.2. The fourth-order valence-corrected chi connectivity index (χ4v) is 4.73. The van der Waals surface area contributed by atoms with Gasteiger partial charge in [0, 0.05) is 48.5 Å². The van der Waals surface area contributed by atoms with Gasteiger partial charge >= 0.3 is 0 Å². The van der Waals surface area contributed by atoms with Crippen molar-refractivity contribution >= 4 is 56.1 Å². The number of hydrogen-bond acceptors (Lipinski definition) is 4. The maximum atomic E-state index is 13.9. The largest absolute Gasteiger partial charge is 0.457 e. The van der Waals surface area contributed by atoms with Gasteiger partial charge in [0.25, 0.3) is 15.9 Å². The molecule has 0 aliphatic carbocycles. The van der Waals surface area contributed by atoms with Crippen molar-refractivity contribution in [3.05, 3.63) is 93.9 Å². The average molecular weight is 555 g/mol. The molecule has 3 aromatic carbocycles. The molecule has 0 unspecified atom stereocenters. The molecule has 1 heterocycles. The van der Waals surface area contributed by atoms with E-state index in [-0.39, 0.29) is 12.1 Å². The lowest BCUT2D eigenvalue weighted by atomic mass is 10.1. The molecule has 4 aromatic rings. The number of rotatable bonds is 6. The van der Waals surface area contributed by atoms with Crippen LogP contribution in [0.2, 0.25) is 10.0 Å². The SMILES string of the molecule is Cn1cc(/C=C/C(=O)NS(=O)(=O)c2cc(F)c(F)cc2F)c2c(Oc3ccc(Cl)c(Cl)c3)cccc21. The molecule has 4 rings (SSSR count). The van der Waals surface area contributed by atoms with Gasteiger partial charge in [-0.1, -0.05) is 29.3 Å². The van der Waals surface area contributed by atoms with E-state index in [1.165, 1.54) is 12.1 Å². The van der Waals surface area contributed by atoms with Crippen molar-refractivity contribution in [1.82, 2.24) is 9.29 Å². The topological polar surface area (TPSA) is 77.4 Å². The second-order valence-corrected chi connectivity index (χ2v) is 9.99. The molecule has 0 radical (unpaired) electrons. The molecule has 0 atom stereocenters.